The van der Waals surface area contributed by atoms with Crippen molar-refractivity contribution in [1.29, 1.82) is 5.26 Å². The number of nitrogens with zero attached hydrogens (tertiary/aromatic N) is 5. The number of aryl methyl sites for hydroxylation is 1. The van der Waals surface area contributed by atoms with Crippen molar-refractivity contribution < 1.29 is 9.72 Å². The van der Waals surface area contributed by atoms with Crippen LogP contribution in [0.25, 0.3) is 0 Å². The topological polar surface area (TPSA) is 105 Å². The third-order valence-electron chi connectivity index (χ3n) is 3.90. The minimum absolute atomic E-state index is 0.160. The maximum Gasteiger partial charge on any atom is 0.293 e. The minimum Gasteiger partial charge on any atom is -0.365 e. The summed E-state index contributed by atoms with van der Waals surface area (Å²) in [6.07, 6.45) is 3.14. The van der Waals surface area contributed by atoms with Gasteiger partial charge < -0.3 is 9.47 Å². The fraction of sp³-hybridized carbons (Fsp3) is 0.353. The van der Waals surface area contributed by atoms with Gasteiger partial charge in [-0.25, -0.2) is 4.98 Å². The van der Waals surface area contributed by atoms with E-state index >= 15 is 0 Å². The molecular formula is C17H19N5O3. The Morgan fingerprint density at radius 2 is 2.24 bits per heavy atom. The van der Waals surface area contributed by atoms with Gasteiger partial charge in [0.15, 0.2) is 5.82 Å². The van der Waals surface area contributed by atoms with Gasteiger partial charge in [-0.05, 0) is 26.0 Å². The van der Waals surface area contributed by atoms with Crippen molar-refractivity contribution in [2.75, 3.05) is 18.0 Å². The average molecular weight is 341 g/mol. The summed E-state index contributed by atoms with van der Waals surface area (Å²) in [6.45, 7) is 4.51. The zero-order chi connectivity index (χ0) is 18.6. The van der Waals surface area contributed by atoms with Crippen LogP contribution in [0.4, 0.5) is 11.4 Å². The van der Waals surface area contributed by atoms with Gasteiger partial charge in [0.05, 0.1) is 16.9 Å². The molecular weight excluding hydrogens is 322 g/mol. The maximum atomic E-state index is 12.5. The highest BCUT2D eigenvalue weighted by Gasteiger charge is 2.23. The summed E-state index contributed by atoms with van der Waals surface area (Å²) in [5.74, 6) is -0.434. The van der Waals surface area contributed by atoms with E-state index in [9.17, 15) is 14.9 Å². The summed E-state index contributed by atoms with van der Waals surface area (Å²) in [5.41, 5.74) is 0.437. The molecule has 2 rings (SSSR count). The summed E-state index contributed by atoms with van der Waals surface area (Å²) in [5, 5.41) is 20.5. The first kappa shape index (κ1) is 18.1. The van der Waals surface area contributed by atoms with Crippen LogP contribution in [0, 0.1) is 27.4 Å². The van der Waals surface area contributed by atoms with Crippen LogP contribution in [0.1, 0.15) is 30.0 Å². The SMILES string of the molecule is CCN(C[C@@H](C)C#N)c1ccc(C(=O)c2nccn2C)cc1[N+](=O)[O-]. The molecule has 0 saturated heterocycles. The van der Waals surface area contributed by atoms with Crippen LogP contribution in [0.15, 0.2) is 30.6 Å². The van der Waals surface area contributed by atoms with Gasteiger partial charge in [0.2, 0.25) is 5.78 Å². The molecule has 0 amide bonds. The Hall–Kier alpha value is -3.21. The smallest absolute Gasteiger partial charge is 0.293 e. The zero-order valence-electron chi connectivity index (χ0n) is 14.3. The number of anilines is 1. The van der Waals surface area contributed by atoms with Crippen molar-refractivity contribution in [3.63, 3.8) is 0 Å². The van der Waals surface area contributed by atoms with E-state index in [0.29, 0.717) is 18.8 Å². The van der Waals surface area contributed by atoms with E-state index in [1.807, 2.05) is 6.92 Å². The second-order valence-electron chi connectivity index (χ2n) is 5.72. The number of nitro groups is 1. The fourth-order valence-electron chi connectivity index (χ4n) is 2.56. The van der Waals surface area contributed by atoms with E-state index in [4.69, 9.17) is 5.26 Å². The first-order valence-electron chi connectivity index (χ1n) is 7.84. The lowest BCUT2D eigenvalue weighted by Crippen LogP contribution is -2.28. The quantitative estimate of drug-likeness (QED) is 0.435. The number of ketones is 1. The summed E-state index contributed by atoms with van der Waals surface area (Å²) in [6, 6.07) is 6.51. The van der Waals surface area contributed by atoms with Crippen LogP contribution >= 0.6 is 0 Å². The Kier molecular flexibility index (Phi) is 5.49. The van der Waals surface area contributed by atoms with Crippen LogP contribution < -0.4 is 4.90 Å². The molecule has 0 saturated carbocycles. The first-order valence-corrected chi connectivity index (χ1v) is 7.84. The first-order chi connectivity index (χ1) is 11.9. The highest BCUT2D eigenvalue weighted by Crippen LogP contribution is 2.30. The average Bonchev–Trinajstić information content (AvgIpc) is 3.04. The third-order valence-corrected chi connectivity index (χ3v) is 3.90. The van der Waals surface area contributed by atoms with Gasteiger partial charge in [-0.15, -0.1) is 0 Å². The van der Waals surface area contributed by atoms with Crippen LogP contribution in [-0.4, -0.2) is 33.3 Å². The highest BCUT2D eigenvalue weighted by atomic mass is 16.6. The maximum absolute atomic E-state index is 12.5. The molecule has 0 aliphatic heterocycles. The monoisotopic (exact) mass is 341 g/mol. The number of carbonyl (C=O) groups excluding carboxylic acids is 1. The summed E-state index contributed by atoms with van der Waals surface area (Å²) < 4.78 is 1.56. The lowest BCUT2D eigenvalue weighted by Gasteiger charge is -2.24. The molecule has 1 heterocycles. The molecule has 0 fully saturated rings. The predicted octanol–water partition coefficient (Wildman–Crippen LogP) is 2.55. The van der Waals surface area contributed by atoms with Gasteiger partial charge in [-0.2, -0.15) is 5.26 Å². The molecule has 1 aromatic carbocycles. The number of nitro benzene ring substituents is 1. The number of imidazole rings is 1. The van der Waals surface area contributed by atoms with Gasteiger partial charge in [-0.3, -0.25) is 14.9 Å². The number of aromatic nitrogens is 2. The Bertz CT molecular complexity index is 837. The second-order valence-corrected chi connectivity index (χ2v) is 5.72. The number of hydrogen-bond acceptors (Lipinski definition) is 6. The van der Waals surface area contributed by atoms with Crippen LogP contribution in [-0.2, 0) is 7.05 Å². The van der Waals surface area contributed by atoms with Gasteiger partial charge >= 0.3 is 0 Å². The van der Waals surface area contributed by atoms with Crippen molar-refractivity contribution in [2.45, 2.75) is 13.8 Å². The summed E-state index contributed by atoms with van der Waals surface area (Å²) >= 11 is 0. The molecule has 0 N–H and O–H groups in total. The summed E-state index contributed by atoms with van der Waals surface area (Å²) in [7, 11) is 1.69. The number of benzene rings is 1. The van der Waals surface area contributed by atoms with E-state index in [1.54, 1.807) is 41.8 Å². The summed E-state index contributed by atoms with van der Waals surface area (Å²) in [4.78, 5) is 29.3. The Balaban J connectivity index is 2.44. The fourth-order valence-corrected chi connectivity index (χ4v) is 2.56. The number of rotatable bonds is 7. The molecule has 130 valence electrons. The predicted molar refractivity (Wildman–Crippen MR) is 92.4 cm³/mol. The molecule has 25 heavy (non-hydrogen) atoms. The Morgan fingerprint density at radius 3 is 2.76 bits per heavy atom. The van der Waals surface area contributed by atoms with Crippen LogP contribution in [0.2, 0.25) is 0 Å². The normalized spacial score (nSPS) is 11.6. The molecule has 1 atom stereocenters. The molecule has 0 aliphatic rings. The van der Waals surface area contributed by atoms with Crippen LogP contribution in [0.5, 0.6) is 0 Å². The van der Waals surface area contributed by atoms with Gasteiger partial charge in [0.1, 0.15) is 5.69 Å². The molecule has 0 radical (unpaired) electrons. The molecule has 8 heteroatoms. The standard InChI is InChI=1S/C17H19N5O3/c1-4-21(11-12(2)10-18)14-6-5-13(9-15(14)22(24)25)16(23)17-19-7-8-20(17)3/h5-9,12H,4,11H2,1-3H3/t12-/m0/s1. The van der Waals surface area contributed by atoms with E-state index in [2.05, 4.69) is 11.1 Å². The highest BCUT2D eigenvalue weighted by molar-refractivity contribution is 6.07. The minimum atomic E-state index is -0.510. The van der Waals surface area contributed by atoms with E-state index < -0.39 is 4.92 Å². The van der Waals surface area contributed by atoms with E-state index in [-0.39, 0.29) is 28.8 Å². The Morgan fingerprint density at radius 1 is 1.52 bits per heavy atom. The van der Waals surface area contributed by atoms with Crippen LogP contribution in [0.3, 0.4) is 0 Å². The van der Waals surface area contributed by atoms with Gasteiger partial charge in [0.25, 0.3) is 5.69 Å². The third kappa shape index (κ3) is 3.83. The number of hydrogen-bond donors (Lipinski definition) is 0. The zero-order valence-corrected chi connectivity index (χ0v) is 14.3. The van der Waals surface area contributed by atoms with Gasteiger partial charge in [0, 0.05) is 44.2 Å². The lowest BCUT2D eigenvalue weighted by molar-refractivity contribution is -0.384. The van der Waals surface area contributed by atoms with E-state index in [1.165, 1.54) is 12.3 Å². The molecule has 0 aliphatic carbocycles. The molecule has 0 spiro atoms. The Labute approximate surface area is 145 Å². The number of carbonyl (C=O) groups is 1. The molecule has 8 nitrogen and oxygen atoms in total. The lowest BCUT2D eigenvalue weighted by atomic mass is 10.1. The van der Waals surface area contributed by atoms with E-state index in [0.717, 1.165) is 0 Å². The van der Waals surface area contributed by atoms with Gasteiger partial charge in [-0.1, -0.05) is 0 Å². The van der Waals surface area contributed by atoms with Crippen molar-refractivity contribution in [3.05, 3.63) is 52.1 Å². The number of nitriles is 1. The molecule has 0 bridgehead atoms. The molecule has 0 unspecified atom stereocenters. The largest absolute Gasteiger partial charge is 0.365 e. The van der Waals surface area contributed by atoms with Crippen molar-refractivity contribution in [1.82, 2.24) is 9.55 Å². The van der Waals surface area contributed by atoms with Crippen molar-refractivity contribution in [2.24, 2.45) is 13.0 Å². The van der Waals surface area contributed by atoms with Crippen molar-refractivity contribution in [3.8, 4) is 6.07 Å². The molecule has 2 aromatic rings. The van der Waals surface area contributed by atoms with Crippen molar-refractivity contribution >= 4 is 17.2 Å². The second kappa shape index (κ2) is 7.57. The molecule has 1 aromatic heterocycles.